The molecule has 2 heterocycles. The van der Waals surface area contributed by atoms with Crippen LogP contribution in [0.3, 0.4) is 0 Å². The Hall–Kier alpha value is -0.860. The SMILES string of the molecule is c1ccc(CN2C[C@H]3CCC[C@@H](C2)NC3)cc1. The van der Waals surface area contributed by atoms with Gasteiger partial charge in [0.05, 0.1) is 0 Å². The van der Waals surface area contributed by atoms with Crippen molar-refractivity contribution in [1.29, 1.82) is 0 Å². The Morgan fingerprint density at radius 1 is 1.12 bits per heavy atom. The fourth-order valence-corrected chi connectivity index (χ4v) is 3.22. The summed E-state index contributed by atoms with van der Waals surface area (Å²) < 4.78 is 0. The molecule has 0 saturated carbocycles. The molecule has 0 aromatic heterocycles. The standard InChI is InChI=1S/C15H22N2/c1-2-5-13(6-3-1)10-17-11-14-7-4-8-15(12-17)16-9-14/h1-3,5-6,14-16H,4,7-12H2/t14-,15-/m0/s1. The maximum atomic E-state index is 3.72. The van der Waals surface area contributed by atoms with Crippen LogP contribution in [0.15, 0.2) is 30.3 Å². The van der Waals surface area contributed by atoms with Crippen LogP contribution in [0.2, 0.25) is 0 Å². The number of benzene rings is 1. The van der Waals surface area contributed by atoms with E-state index >= 15 is 0 Å². The molecule has 2 saturated heterocycles. The first-order valence-electron chi connectivity index (χ1n) is 6.90. The molecule has 1 aromatic carbocycles. The third-order valence-electron chi connectivity index (χ3n) is 4.10. The molecule has 0 spiro atoms. The van der Waals surface area contributed by atoms with E-state index in [4.69, 9.17) is 0 Å². The van der Waals surface area contributed by atoms with Gasteiger partial charge in [-0.2, -0.15) is 0 Å². The molecule has 1 aromatic rings. The molecule has 0 radical (unpaired) electrons. The van der Waals surface area contributed by atoms with Gasteiger partial charge in [0, 0.05) is 25.7 Å². The van der Waals surface area contributed by atoms with E-state index in [-0.39, 0.29) is 0 Å². The first-order valence-corrected chi connectivity index (χ1v) is 6.90. The average molecular weight is 230 g/mol. The van der Waals surface area contributed by atoms with Crippen molar-refractivity contribution < 1.29 is 0 Å². The van der Waals surface area contributed by atoms with Crippen LogP contribution in [0.4, 0.5) is 0 Å². The van der Waals surface area contributed by atoms with Crippen molar-refractivity contribution in [2.45, 2.75) is 31.8 Å². The van der Waals surface area contributed by atoms with Crippen molar-refractivity contribution in [3.8, 4) is 0 Å². The second kappa shape index (κ2) is 5.19. The molecule has 2 aliphatic heterocycles. The average Bonchev–Trinajstić information content (AvgIpc) is 2.64. The van der Waals surface area contributed by atoms with Gasteiger partial charge in [0.25, 0.3) is 0 Å². The monoisotopic (exact) mass is 230 g/mol. The molecule has 2 fully saturated rings. The lowest BCUT2D eigenvalue weighted by molar-refractivity contribution is 0.211. The van der Waals surface area contributed by atoms with E-state index in [1.165, 1.54) is 44.5 Å². The summed E-state index contributed by atoms with van der Waals surface area (Å²) in [6, 6.07) is 11.6. The highest BCUT2D eigenvalue weighted by Crippen LogP contribution is 2.21. The minimum absolute atomic E-state index is 0.728. The van der Waals surface area contributed by atoms with Gasteiger partial charge in [0.1, 0.15) is 0 Å². The van der Waals surface area contributed by atoms with Crippen LogP contribution in [0.25, 0.3) is 0 Å². The van der Waals surface area contributed by atoms with Crippen molar-refractivity contribution in [3.05, 3.63) is 35.9 Å². The van der Waals surface area contributed by atoms with Crippen molar-refractivity contribution >= 4 is 0 Å². The number of fused-ring (bicyclic) bond motifs is 3. The molecule has 17 heavy (non-hydrogen) atoms. The molecule has 0 unspecified atom stereocenters. The molecule has 2 atom stereocenters. The van der Waals surface area contributed by atoms with Gasteiger partial charge in [0.2, 0.25) is 0 Å². The van der Waals surface area contributed by atoms with Gasteiger partial charge in [0.15, 0.2) is 0 Å². The highest BCUT2D eigenvalue weighted by molar-refractivity contribution is 5.14. The molecule has 0 amide bonds. The molecular formula is C15H22N2. The van der Waals surface area contributed by atoms with Crippen LogP contribution >= 0.6 is 0 Å². The number of nitrogens with one attached hydrogen (secondary N) is 1. The molecule has 2 bridgehead atoms. The van der Waals surface area contributed by atoms with Crippen molar-refractivity contribution in [2.24, 2.45) is 5.92 Å². The summed E-state index contributed by atoms with van der Waals surface area (Å²) >= 11 is 0. The zero-order valence-electron chi connectivity index (χ0n) is 10.4. The van der Waals surface area contributed by atoms with Crippen molar-refractivity contribution in [3.63, 3.8) is 0 Å². The number of hydrogen-bond donors (Lipinski definition) is 1. The second-order valence-electron chi connectivity index (χ2n) is 5.58. The van der Waals surface area contributed by atoms with Gasteiger partial charge in [-0.25, -0.2) is 0 Å². The van der Waals surface area contributed by atoms with E-state index in [1.54, 1.807) is 0 Å². The Balaban J connectivity index is 1.67. The maximum absolute atomic E-state index is 3.72. The predicted molar refractivity (Wildman–Crippen MR) is 70.9 cm³/mol. The fraction of sp³-hybridized carbons (Fsp3) is 0.600. The molecule has 2 aliphatic rings. The highest BCUT2D eigenvalue weighted by Gasteiger charge is 2.26. The quantitative estimate of drug-likeness (QED) is 0.838. The Bertz CT molecular complexity index is 335. The summed E-state index contributed by atoms with van der Waals surface area (Å²) in [5.41, 5.74) is 1.45. The van der Waals surface area contributed by atoms with Crippen LogP contribution < -0.4 is 5.32 Å². The zero-order chi connectivity index (χ0) is 11.5. The number of hydrogen-bond acceptors (Lipinski definition) is 2. The minimum atomic E-state index is 0.728. The van der Waals surface area contributed by atoms with Gasteiger partial charge in [-0.15, -0.1) is 0 Å². The van der Waals surface area contributed by atoms with E-state index < -0.39 is 0 Å². The van der Waals surface area contributed by atoms with Gasteiger partial charge < -0.3 is 5.32 Å². The summed E-state index contributed by atoms with van der Waals surface area (Å²) in [6.45, 7) is 4.86. The van der Waals surface area contributed by atoms with E-state index in [2.05, 4.69) is 40.5 Å². The van der Waals surface area contributed by atoms with E-state index in [1.807, 2.05) is 0 Å². The predicted octanol–water partition coefficient (Wildman–Crippen LogP) is 2.26. The van der Waals surface area contributed by atoms with E-state index in [9.17, 15) is 0 Å². The van der Waals surface area contributed by atoms with Gasteiger partial charge in [-0.3, -0.25) is 4.90 Å². The molecule has 1 N–H and O–H groups in total. The topological polar surface area (TPSA) is 15.3 Å². The minimum Gasteiger partial charge on any atom is -0.312 e. The first-order chi connectivity index (χ1) is 8.40. The number of nitrogens with zero attached hydrogens (tertiary/aromatic N) is 1. The normalized spacial score (nSPS) is 29.9. The molecule has 2 heteroatoms. The van der Waals surface area contributed by atoms with Crippen LogP contribution in [0, 0.1) is 5.92 Å². The lowest BCUT2D eigenvalue weighted by atomic mass is 9.99. The molecular weight excluding hydrogens is 208 g/mol. The first kappa shape index (κ1) is 11.2. The largest absolute Gasteiger partial charge is 0.312 e. The number of rotatable bonds is 2. The smallest absolute Gasteiger partial charge is 0.0234 e. The van der Waals surface area contributed by atoms with Gasteiger partial charge >= 0.3 is 0 Å². The Kier molecular flexibility index (Phi) is 3.44. The Morgan fingerprint density at radius 2 is 2.00 bits per heavy atom. The van der Waals surface area contributed by atoms with E-state index in [0.717, 1.165) is 18.5 Å². The third-order valence-corrected chi connectivity index (χ3v) is 4.10. The maximum Gasteiger partial charge on any atom is 0.0234 e. The second-order valence-corrected chi connectivity index (χ2v) is 5.58. The zero-order valence-corrected chi connectivity index (χ0v) is 10.4. The summed E-state index contributed by atoms with van der Waals surface area (Å²) in [5, 5.41) is 3.72. The third kappa shape index (κ3) is 2.88. The van der Waals surface area contributed by atoms with Crippen LogP contribution in [-0.2, 0) is 6.54 Å². The summed E-state index contributed by atoms with van der Waals surface area (Å²) in [5.74, 6) is 0.867. The van der Waals surface area contributed by atoms with Gasteiger partial charge in [-0.05, 0) is 30.9 Å². The highest BCUT2D eigenvalue weighted by atomic mass is 15.2. The van der Waals surface area contributed by atoms with E-state index in [0.29, 0.717) is 0 Å². The van der Waals surface area contributed by atoms with Crippen molar-refractivity contribution in [2.75, 3.05) is 19.6 Å². The van der Waals surface area contributed by atoms with Crippen molar-refractivity contribution in [1.82, 2.24) is 10.2 Å². The Morgan fingerprint density at radius 3 is 2.88 bits per heavy atom. The Labute approximate surface area is 104 Å². The molecule has 0 aliphatic carbocycles. The lowest BCUT2D eigenvalue weighted by Gasteiger charge is -2.28. The van der Waals surface area contributed by atoms with Crippen LogP contribution in [0.1, 0.15) is 24.8 Å². The lowest BCUT2D eigenvalue weighted by Crippen LogP contribution is -2.37. The number of likely N-dealkylation sites (tertiary alicyclic amines) is 1. The summed E-state index contributed by atoms with van der Waals surface area (Å²) in [7, 11) is 0. The summed E-state index contributed by atoms with van der Waals surface area (Å²) in [4.78, 5) is 2.64. The summed E-state index contributed by atoms with van der Waals surface area (Å²) in [6.07, 6.45) is 4.19. The fourth-order valence-electron chi connectivity index (χ4n) is 3.22. The van der Waals surface area contributed by atoms with Gasteiger partial charge in [-0.1, -0.05) is 36.8 Å². The molecule has 2 nitrogen and oxygen atoms in total. The molecule has 3 rings (SSSR count). The van der Waals surface area contributed by atoms with Crippen LogP contribution in [-0.4, -0.2) is 30.6 Å². The van der Waals surface area contributed by atoms with Crippen LogP contribution in [0.5, 0.6) is 0 Å². The molecule has 92 valence electrons.